The van der Waals surface area contributed by atoms with Crippen molar-refractivity contribution < 1.29 is 0 Å². The first-order valence-electron chi connectivity index (χ1n) is 6.63. The SMILES string of the molecule is Cc1nn(CC(C)CNCC(C)C)c(C)c1C. The molecule has 1 unspecified atom stereocenters. The van der Waals surface area contributed by atoms with Gasteiger partial charge in [0.2, 0.25) is 0 Å². The molecule has 0 aliphatic carbocycles. The van der Waals surface area contributed by atoms with Crippen LogP contribution >= 0.6 is 0 Å². The molecule has 0 bridgehead atoms. The van der Waals surface area contributed by atoms with E-state index in [9.17, 15) is 0 Å². The standard InChI is InChI=1S/C14H27N3/c1-10(2)7-15-8-11(3)9-17-14(6)12(4)13(5)16-17/h10-11,15H,7-9H2,1-6H3. The van der Waals surface area contributed by atoms with Gasteiger partial charge in [-0.1, -0.05) is 20.8 Å². The Morgan fingerprint density at radius 2 is 1.76 bits per heavy atom. The number of rotatable bonds is 6. The molecule has 0 aliphatic heterocycles. The molecular formula is C14H27N3. The van der Waals surface area contributed by atoms with E-state index >= 15 is 0 Å². The summed E-state index contributed by atoms with van der Waals surface area (Å²) >= 11 is 0. The van der Waals surface area contributed by atoms with Crippen LogP contribution in [0.1, 0.15) is 37.7 Å². The summed E-state index contributed by atoms with van der Waals surface area (Å²) in [5.74, 6) is 1.34. The summed E-state index contributed by atoms with van der Waals surface area (Å²) in [6.45, 7) is 16.3. The Balaban J connectivity index is 2.45. The van der Waals surface area contributed by atoms with E-state index in [-0.39, 0.29) is 0 Å². The third kappa shape index (κ3) is 4.15. The number of nitrogens with one attached hydrogen (secondary N) is 1. The number of hydrogen-bond donors (Lipinski definition) is 1. The number of hydrogen-bond acceptors (Lipinski definition) is 2. The van der Waals surface area contributed by atoms with Crippen molar-refractivity contribution in [2.75, 3.05) is 13.1 Å². The lowest BCUT2D eigenvalue weighted by Gasteiger charge is -2.15. The van der Waals surface area contributed by atoms with Gasteiger partial charge in [-0.15, -0.1) is 0 Å². The molecule has 0 spiro atoms. The van der Waals surface area contributed by atoms with Crippen molar-refractivity contribution in [3.05, 3.63) is 17.0 Å². The first-order valence-corrected chi connectivity index (χ1v) is 6.63. The van der Waals surface area contributed by atoms with E-state index in [1.165, 1.54) is 11.3 Å². The zero-order valence-corrected chi connectivity index (χ0v) is 12.2. The average molecular weight is 237 g/mol. The van der Waals surface area contributed by atoms with Crippen molar-refractivity contribution in [2.45, 2.75) is 48.1 Å². The second-order valence-electron chi connectivity index (χ2n) is 5.64. The van der Waals surface area contributed by atoms with Gasteiger partial charge in [-0.05, 0) is 51.3 Å². The molecule has 0 aliphatic rings. The van der Waals surface area contributed by atoms with Gasteiger partial charge < -0.3 is 5.32 Å². The molecule has 98 valence electrons. The van der Waals surface area contributed by atoms with E-state index in [2.05, 4.69) is 56.6 Å². The first kappa shape index (κ1) is 14.2. The molecule has 1 aromatic heterocycles. The minimum Gasteiger partial charge on any atom is -0.316 e. The maximum absolute atomic E-state index is 4.58. The molecule has 1 rings (SSSR count). The minimum atomic E-state index is 0.617. The van der Waals surface area contributed by atoms with Gasteiger partial charge >= 0.3 is 0 Å². The zero-order chi connectivity index (χ0) is 13.0. The Labute approximate surface area is 106 Å². The molecule has 0 aromatic carbocycles. The topological polar surface area (TPSA) is 29.9 Å². The van der Waals surface area contributed by atoms with Crippen LogP contribution in [0.2, 0.25) is 0 Å². The van der Waals surface area contributed by atoms with Crippen LogP contribution in [0, 0.1) is 32.6 Å². The van der Waals surface area contributed by atoms with Crippen molar-refractivity contribution in [3.63, 3.8) is 0 Å². The fraction of sp³-hybridized carbons (Fsp3) is 0.786. The van der Waals surface area contributed by atoms with Crippen molar-refractivity contribution in [2.24, 2.45) is 11.8 Å². The molecule has 0 saturated heterocycles. The zero-order valence-electron chi connectivity index (χ0n) is 12.2. The first-order chi connectivity index (χ1) is 7.91. The van der Waals surface area contributed by atoms with E-state index in [1.807, 2.05) is 0 Å². The lowest BCUT2D eigenvalue weighted by atomic mass is 10.1. The smallest absolute Gasteiger partial charge is 0.0625 e. The molecule has 0 fully saturated rings. The van der Waals surface area contributed by atoms with E-state index in [0.717, 1.165) is 31.2 Å². The molecule has 17 heavy (non-hydrogen) atoms. The maximum Gasteiger partial charge on any atom is 0.0625 e. The van der Waals surface area contributed by atoms with Crippen LogP contribution in [0.25, 0.3) is 0 Å². The Kier molecular flexibility index (Phi) is 5.19. The molecule has 0 saturated carbocycles. The number of nitrogens with zero attached hydrogens (tertiary/aromatic N) is 2. The van der Waals surface area contributed by atoms with Gasteiger partial charge in [-0.3, -0.25) is 4.68 Å². The second kappa shape index (κ2) is 6.20. The van der Waals surface area contributed by atoms with Gasteiger partial charge in [-0.2, -0.15) is 5.10 Å². The third-order valence-corrected chi connectivity index (χ3v) is 3.27. The largest absolute Gasteiger partial charge is 0.316 e. The van der Waals surface area contributed by atoms with Gasteiger partial charge in [0.25, 0.3) is 0 Å². The molecule has 1 heterocycles. The number of aryl methyl sites for hydroxylation is 1. The summed E-state index contributed by atoms with van der Waals surface area (Å²) in [7, 11) is 0. The monoisotopic (exact) mass is 237 g/mol. The lowest BCUT2D eigenvalue weighted by molar-refractivity contribution is 0.404. The quantitative estimate of drug-likeness (QED) is 0.824. The van der Waals surface area contributed by atoms with Crippen LogP contribution in [0.15, 0.2) is 0 Å². The normalized spacial score (nSPS) is 13.4. The van der Waals surface area contributed by atoms with E-state index in [0.29, 0.717) is 5.92 Å². The van der Waals surface area contributed by atoms with E-state index < -0.39 is 0 Å². The summed E-state index contributed by atoms with van der Waals surface area (Å²) in [6, 6.07) is 0. The van der Waals surface area contributed by atoms with Crippen LogP contribution in [-0.4, -0.2) is 22.9 Å². The molecular weight excluding hydrogens is 210 g/mol. The van der Waals surface area contributed by atoms with Gasteiger partial charge in [0, 0.05) is 12.2 Å². The molecule has 1 N–H and O–H groups in total. The molecule has 3 nitrogen and oxygen atoms in total. The third-order valence-electron chi connectivity index (χ3n) is 3.27. The van der Waals surface area contributed by atoms with Crippen molar-refractivity contribution in [1.82, 2.24) is 15.1 Å². The van der Waals surface area contributed by atoms with E-state index in [4.69, 9.17) is 0 Å². The van der Waals surface area contributed by atoms with E-state index in [1.54, 1.807) is 0 Å². The Bertz CT molecular complexity index is 353. The fourth-order valence-corrected chi connectivity index (χ4v) is 1.94. The summed E-state index contributed by atoms with van der Waals surface area (Å²) in [5.41, 5.74) is 3.79. The Morgan fingerprint density at radius 3 is 2.24 bits per heavy atom. The van der Waals surface area contributed by atoms with Gasteiger partial charge in [0.05, 0.1) is 5.69 Å². The molecule has 1 atom stereocenters. The van der Waals surface area contributed by atoms with Crippen molar-refractivity contribution in [1.29, 1.82) is 0 Å². The van der Waals surface area contributed by atoms with Crippen LogP contribution in [0.3, 0.4) is 0 Å². The highest BCUT2D eigenvalue weighted by atomic mass is 15.3. The molecule has 0 amide bonds. The fourth-order valence-electron chi connectivity index (χ4n) is 1.94. The van der Waals surface area contributed by atoms with Crippen LogP contribution < -0.4 is 5.32 Å². The van der Waals surface area contributed by atoms with Crippen molar-refractivity contribution >= 4 is 0 Å². The van der Waals surface area contributed by atoms with Crippen molar-refractivity contribution in [3.8, 4) is 0 Å². The summed E-state index contributed by atoms with van der Waals surface area (Å²) in [4.78, 5) is 0. The van der Waals surface area contributed by atoms with Crippen LogP contribution in [0.4, 0.5) is 0 Å². The maximum atomic E-state index is 4.58. The summed E-state index contributed by atoms with van der Waals surface area (Å²) in [5, 5.41) is 8.09. The summed E-state index contributed by atoms with van der Waals surface area (Å²) < 4.78 is 2.15. The van der Waals surface area contributed by atoms with Gasteiger partial charge in [-0.25, -0.2) is 0 Å². The molecule has 3 heteroatoms. The molecule has 1 aromatic rings. The van der Waals surface area contributed by atoms with Gasteiger partial charge in [0.1, 0.15) is 0 Å². The Morgan fingerprint density at radius 1 is 1.12 bits per heavy atom. The highest BCUT2D eigenvalue weighted by Crippen LogP contribution is 2.12. The van der Waals surface area contributed by atoms with Crippen LogP contribution in [-0.2, 0) is 6.54 Å². The van der Waals surface area contributed by atoms with Crippen LogP contribution in [0.5, 0.6) is 0 Å². The predicted octanol–water partition coefficient (Wildman–Crippen LogP) is 2.69. The summed E-state index contributed by atoms with van der Waals surface area (Å²) in [6.07, 6.45) is 0. The number of aromatic nitrogens is 2. The second-order valence-corrected chi connectivity index (χ2v) is 5.64. The molecule has 0 radical (unpaired) electrons. The average Bonchev–Trinajstić information content (AvgIpc) is 2.46. The minimum absolute atomic E-state index is 0.617. The van der Waals surface area contributed by atoms with Gasteiger partial charge in [0.15, 0.2) is 0 Å². The highest BCUT2D eigenvalue weighted by molar-refractivity contribution is 5.22. The highest BCUT2D eigenvalue weighted by Gasteiger charge is 2.10. The predicted molar refractivity (Wildman–Crippen MR) is 73.3 cm³/mol. The Hall–Kier alpha value is -0.830. The lowest BCUT2D eigenvalue weighted by Crippen LogP contribution is -2.27.